The summed E-state index contributed by atoms with van der Waals surface area (Å²) in [6.45, 7) is 0. The molecule has 4 heterocycles. The van der Waals surface area contributed by atoms with Gasteiger partial charge in [0.1, 0.15) is 10.3 Å². The minimum absolute atomic E-state index is 0.246. The molecule has 0 aliphatic carbocycles. The average molecular weight is 564 g/mol. The Morgan fingerprint density at radius 3 is 1.79 bits per heavy atom. The fourth-order valence-corrected chi connectivity index (χ4v) is 3.96. The third-order valence-electron chi connectivity index (χ3n) is 5.12. The molecule has 0 bridgehead atoms. The quantitative estimate of drug-likeness (QED) is 0.222. The van der Waals surface area contributed by atoms with Gasteiger partial charge < -0.3 is 10.0 Å². The van der Waals surface area contributed by atoms with E-state index < -0.39 is 7.12 Å². The highest BCUT2D eigenvalue weighted by Crippen LogP contribution is 2.26. The van der Waals surface area contributed by atoms with Gasteiger partial charge in [-0.1, -0.05) is 71.7 Å². The topological polar surface area (TPSA) is 118 Å². The fraction of sp³-hybridized carbons (Fsp3) is 0. The van der Waals surface area contributed by atoms with Crippen molar-refractivity contribution >= 4 is 68.9 Å². The Balaban J connectivity index is 0.000000142. The van der Waals surface area contributed by atoms with Crippen molar-refractivity contribution in [3.8, 4) is 11.3 Å². The molecular weight excluding hydrogens is 545 g/mol. The number of nitrogens with zero attached hydrogens (tertiary/aromatic N) is 6. The molecule has 0 saturated carbocycles. The van der Waals surface area contributed by atoms with Crippen LogP contribution in [0, 0.1) is 0 Å². The van der Waals surface area contributed by atoms with Crippen LogP contribution >= 0.6 is 34.8 Å². The van der Waals surface area contributed by atoms with Crippen molar-refractivity contribution in [1.29, 1.82) is 0 Å². The SMILES string of the molecule is Clc1cncc(Cl)n1.Clc1nccc(-c2cncc3ccccc23)n1.OB(O)c1cncc2ccccc12. The molecule has 12 heteroatoms. The van der Waals surface area contributed by atoms with Crippen molar-refractivity contribution < 1.29 is 10.0 Å². The molecule has 0 saturated heterocycles. The van der Waals surface area contributed by atoms with Crippen molar-refractivity contribution in [3.63, 3.8) is 0 Å². The highest BCUT2D eigenvalue weighted by molar-refractivity contribution is 6.61. The number of halogens is 3. The van der Waals surface area contributed by atoms with Crippen molar-refractivity contribution in [2.45, 2.75) is 0 Å². The largest absolute Gasteiger partial charge is 0.490 e. The van der Waals surface area contributed by atoms with Gasteiger partial charge in [0.25, 0.3) is 0 Å². The Bertz CT molecular complexity index is 1650. The third kappa shape index (κ3) is 7.19. The second-order valence-corrected chi connectivity index (χ2v) is 8.72. The summed E-state index contributed by atoms with van der Waals surface area (Å²) in [6, 6.07) is 17.3. The molecule has 4 aromatic heterocycles. The Kier molecular flexibility index (Phi) is 9.48. The van der Waals surface area contributed by atoms with Gasteiger partial charge >= 0.3 is 7.12 Å². The van der Waals surface area contributed by atoms with Gasteiger partial charge in [-0.25, -0.2) is 15.0 Å². The summed E-state index contributed by atoms with van der Waals surface area (Å²) in [5, 5.41) is 22.9. The van der Waals surface area contributed by atoms with Crippen molar-refractivity contribution in [2.75, 3.05) is 0 Å². The van der Waals surface area contributed by atoms with Crippen LogP contribution in [0.25, 0.3) is 32.8 Å². The number of fused-ring (bicyclic) bond motifs is 2. The number of aromatic nitrogens is 6. The molecule has 0 aliphatic rings. The van der Waals surface area contributed by atoms with E-state index in [-0.39, 0.29) is 5.28 Å². The molecule has 0 amide bonds. The molecule has 2 N–H and O–H groups in total. The highest BCUT2D eigenvalue weighted by atomic mass is 35.5. The van der Waals surface area contributed by atoms with Gasteiger partial charge in [0, 0.05) is 47.4 Å². The van der Waals surface area contributed by atoms with E-state index in [0.717, 1.165) is 32.8 Å². The van der Waals surface area contributed by atoms with Gasteiger partial charge in [-0.3, -0.25) is 15.0 Å². The second kappa shape index (κ2) is 13.2. The van der Waals surface area contributed by atoms with Crippen LogP contribution in [0.2, 0.25) is 15.6 Å². The van der Waals surface area contributed by atoms with E-state index in [2.05, 4.69) is 29.9 Å². The van der Waals surface area contributed by atoms with Gasteiger partial charge in [0.2, 0.25) is 5.28 Å². The van der Waals surface area contributed by atoms with Crippen LogP contribution in [0.5, 0.6) is 0 Å². The smallest absolute Gasteiger partial charge is 0.423 e. The van der Waals surface area contributed by atoms with Crippen molar-refractivity contribution in [3.05, 3.63) is 114 Å². The number of hydrogen-bond acceptors (Lipinski definition) is 8. The zero-order chi connectivity index (χ0) is 26.9. The monoisotopic (exact) mass is 562 g/mol. The number of hydrogen-bond donors (Lipinski definition) is 2. The molecule has 0 aliphatic heterocycles. The first-order chi connectivity index (χ1) is 18.4. The third-order valence-corrected chi connectivity index (χ3v) is 5.67. The van der Waals surface area contributed by atoms with Crippen LogP contribution in [0.15, 0.2) is 98.0 Å². The normalized spacial score (nSPS) is 10.2. The van der Waals surface area contributed by atoms with E-state index in [9.17, 15) is 0 Å². The molecule has 6 aromatic rings. The van der Waals surface area contributed by atoms with Crippen LogP contribution < -0.4 is 5.46 Å². The summed E-state index contributed by atoms with van der Waals surface area (Å²) in [5.41, 5.74) is 2.19. The second-order valence-electron chi connectivity index (χ2n) is 7.61. The molecule has 8 nitrogen and oxygen atoms in total. The van der Waals surface area contributed by atoms with E-state index in [0.29, 0.717) is 15.8 Å². The molecule has 6 rings (SSSR count). The minimum atomic E-state index is -1.46. The van der Waals surface area contributed by atoms with Crippen LogP contribution in [0.1, 0.15) is 0 Å². The first-order valence-electron chi connectivity index (χ1n) is 11.1. The first-order valence-corrected chi connectivity index (χ1v) is 12.2. The van der Waals surface area contributed by atoms with E-state index in [1.165, 1.54) is 18.6 Å². The van der Waals surface area contributed by atoms with Crippen molar-refractivity contribution in [1.82, 2.24) is 29.9 Å². The van der Waals surface area contributed by atoms with E-state index in [1.807, 2.05) is 60.8 Å². The maximum absolute atomic E-state index is 9.04. The van der Waals surface area contributed by atoms with Gasteiger partial charge in [-0.15, -0.1) is 0 Å². The number of benzene rings is 2. The Morgan fingerprint density at radius 2 is 1.18 bits per heavy atom. The lowest BCUT2D eigenvalue weighted by Gasteiger charge is -2.04. The van der Waals surface area contributed by atoms with E-state index in [1.54, 1.807) is 18.6 Å². The Hall–Kier alpha value is -3.73. The molecule has 188 valence electrons. The Morgan fingerprint density at radius 1 is 0.605 bits per heavy atom. The lowest BCUT2D eigenvalue weighted by atomic mass is 9.78. The molecule has 0 spiro atoms. The molecule has 0 unspecified atom stereocenters. The zero-order valence-corrected chi connectivity index (χ0v) is 21.8. The summed E-state index contributed by atoms with van der Waals surface area (Å²) in [5.74, 6) is 0. The first kappa shape index (κ1) is 27.3. The predicted octanol–water partition coefficient (Wildman–Crippen LogP) is 5.04. The van der Waals surface area contributed by atoms with E-state index in [4.69, 9.17) is 44.9 Å². The molecule has 0 fully saturated rings. The predicted molar refractivity (Wildman–Crippen MR) is 151 cm³/mol. The number of pyridine rings is 2. The Labute approximate surface area is 233 Å². The van der Waals surface area contributed by atoms with Crippen LogP contribution in [0.4, 0.5) is 0 Å². The zero-order valence-electron chi connectivity index (χ0n) is 19.5. The standard InChI is InChI=1S/C13H8ClN3.C9H8BNO2.C4H2Cl2N2/c14-13-16-6-5-12(17-13)11-8-15-7-9-3-1-2-4-10(9)11;12-10(13)9-6-11-5-7-3-1-2-4-8(7)9;5-3-1-7-2-4(6)8-3/h1-8H;1-6,12-13H;1-2H. The highest BCUT2D eigenvalue weighted by Gasteiger charge is 2.14. The van der Waals surface area contributed by atoms with Crippen LogP contribution in [0.3, 0.4) is 0 Å². The van der Waals surface area contributed by atoms with Gasteiger partial charge in [-0.05, 0) is 33.8 Å². The fourth-order valence-electron chi connectivity index (χ4n) is 3.47. The molecule has 0 atom stereocenters. The summed E-state index contributed by atoms with van der Waals surface area (Å²) >= 11 is 16.6. The van der Waals surface area contributed by atoms with Crippen LogP contribution in [-0.4, -0.2) is 47.1 Å². The molecule has 0 radical (unpaired) electrons. The maximum Gasteiger partial charge on any atom is 0.490 e. The summed E-state index contributed by atoms with van der Waals surface area (Å²) in [4.78, 5) is 23.5. The van der Waals surface area contributed by atoms with Gasteiger partial charge in [0.15, 0.2) is 0 Å². The summed E-state index contributed by atoms with van der Waals surface area (Å²) in [7, 11) is -1.46. The molecule has 38 heavy (non-hydrogen) atoms. The lowest BCUT2D eigenvalue weighted by Crippen LogP contribution is -2.30. The van der Waals surface area contributed by atoms with Crippen molar-refractivity contribution in [2.24, 2.45) is 0 Å². The van der Waals surface area contributed by atoms with Gasteiger partial charge in [0.05, 0.1) is 18.1 Å². The molecule has 2 aromatic carbocycles. The minimum Gasteiger partial charge on any atom is -0.423 e. The number of rotatable bonds is 2. The summed E-state index contributed by atoms with van der Waals surface area (Å²) in [6.07, 6.45) is 11.3. The van der Waals surface area contributed by atoms with Crippen LogP contribution in [-0.2, 0) is 0 Å². The molecular formula is C26H18BCl3N6O2. The van der Waals surface area contributed by atoms with E-state index >= 15 is 0 Å². The maximum atomic E-state index is 9.04. The average Bonchev–Trinajstić information content (AvgIpc) is 2.93. The lowest BCUT2D eigenvalue weighted by molar-refractivity contribution is 0.426. The van der Waals surface area contributed by atoms with Gasteiger partial charge in [-0.2, -0.15) is 0 Å². The summed E-state index contributed by atoms with van der Waals surface area (Å²) < 4.78 is 0.